The highest BCUT2D eigenvalue weighted by Crippen LogP contribution is 2.30. The van der Waals surface area contributed by atoms with Crippen LogP contribution in [0.3, 0.4) is 0 Å². The van der Waals surface area contributed by atoms with Crippen molar-refractivity contribution in [1.82, 2.24) is 4.90 Å². The number of hydrogen-bond donors (Lipinski definition) is 1. The van der Waals surface area contributed by atoms with Crippen molar-refractivity contribution in [2.75, 3.05) is 13.2 Å². The molecule has 100 valence electrons. The van der Waals surface area contributed by atoms with Crippen molar-refractivity contribution >= 4 is 5.97 Å². The molecular weight excluding hydrogens is 239 g/mol. The van der Waals surface area contributed by atoms with E-state index in [1.165, 1.54) is 4.90 Å². The number of hydrogen-bond acceptors (Lipinski definition) is 3. The SMILES string of the molecule is CC1CN(C(CC(=O)O)C(F)(F)F)C(C)CO1. The maximum Gasteiger partial charge on any atom is 0.404 e. The van der Waals surface area contributed by atoms with Gasteiger partial charge in [-0.25, -0.2) is 0 Å². The number of morpholine rings is 1. The Kier molecular flexibility index (Phi) is 4.37. The zero-order valence-electron chi connectivity index (χ0n) is 9.70. The normalized spacial score (nSPS) is 29.0. The third-order valence-electron chi connectivity index (χ3n) is 2.80. The first-order chi connectivity index (χ1) is 7.71. The first-order valence-corrected chi connectivity index (χ1v) is 5.37. The number of ether oxygens (including phenoxy) is 1. The van der Waals surface area contributed by atoms with Crippen LogP contribution in [0.4, 0.5) is 13.2 Å². The summed E-state index contributed by atoms with van der Waals surface area (Å²) in [7, 11) is 0. The van der Waals surface area contributed by atoms with Crippen molar-refractivity contribution < 1.29 is 27.8 Å². The highest BCUT2D eigenvalue weighted by Gasteiger charge is 2.47. The van der Waals surface area contributed by atoms with E-state index in [4.69, 9.17) is 9.84 Å². The Labute approximate surface area is 97.3 Å². The Morgan fingerprint density at radius 2 is 2.12 bits per heavy atom. The summed E-state index contributed by atoms with van der Waals surface area (Å²) in [6.07, 6.45) is -5.78. The molecule has 4 nitrogen and oxygen atoms in total. The van der Waals surface area contributed by atoms with E-state index in [2.05, 4.69) is 0 Å². The van der Waals surface area contributed by atoms with Crippen LogP contribution in [0.5, 0.6) is 0 Å². The number of carboxylic acid groups (broad SMARTS) is 1. The molecule has 1 rings (SSSR count). The van der Waals surface area contributed by atoms with Gasteiger partial charge in [-0.3, -0.25) is 9.69 Å². The van der Waals surface area contributed by atoms with Gasteiger partial charge in [-0.15, -0.1) is 0 Å². The lowest BCUT2D eigenvalue weighted by Crippen LogP contribution is -2.57. The Balaban J connectivity index is 2.84. The average molecular weight is 255 g/mol. The second kappa shape index (κ2) is 5.22. The van der Waals surface area contributed by atoms with Crippen LogP contribution in [0.15, 0.2) is 0 Å². The van der Waals surface area contributed by atoms with Gasteiger partial charge in [0.1, 0.15) is 6.04 Å². The van der Waals surface area contributed by atoms with E-state index < -0.39 is 30.7 Å². The summed E-state index contributed by atoms with van der Waals surface area (Å²) in [4.78, 5) is 11.7. The predicted octanol–water partition coefficient (Wildman–Crippen LogP) is 1.50. The molecule has 0 spiro atoms. The van der Waals surface area contributed by atoms with Crippen molar-refractivity contribution in [2.45, 2.75) is 44.6 Å². The molecule has 0 radical (unpaired) electrons. The Hall–Kier alpha value is -0.820. The molecule has 3 unspecified atom stereocenters. The number of halogens is 3. The quantitative estimate of drug-likeness (QED) is 0.830. The molecule has 7 heteroatoms. The molecule has 0 aliphatic carbocycles. The Bertz CT molecular complexity index is 282. The largest absolute Gasteiger partial charge is 0.481 e. The molecule has 1 aliphatic rings. The summed E-state index contributed by atoms with van der Waals surface area (Å²) >= 11 is 0. The summed E-state index contributed by atoms with van der Waals surface area (Å²) in [5.74, 6) is -1.45. The van der Waals surface area contributed by atoms with Gasteiger partial charge >= 0.3 is 12.1 Å². The Morgan fingerprint density at radius 3 is 2.59 bits per heavy atom. The van der Waals surface area contributed by atoms with Gasteiger partial charge in [-0.1, -0.05) is 0 Å². The minimum atomic E-state index is -4.54. The number of nitrogens with zero attached hydrogens (tertiary/aromatic N) is 1. The van der Waals surface area contributed by atoms with Gasteiger partial charge in [0.2, 0.25) is 0 Å². The van der Waals surface area contributed by atoms with E-state index in [9.17, 15) is 18.0 Å². The van der Waals surface area contributed by atoms with Crippen LogP contribution in [0, 0.1) is 0 Å². The van der Waals surface area contributed by atoms with Crippen molar-refractivity contribution in [3.8, 4) is 0 Å². The zero-order valence-corrected chi connectivity index (χ0v) is 9.70. The molecule has 1 heterocycles. The molecule has 0 aromatic heterocycles. The van der Waals surface area contributed by atoms with Gasteiger partial charge in [0.25, 0.3) is 0 Å². The van der Waals surface area contributed by atoms with Crippen LogP contribution in [-0.2, 0) is 9.53 Å². The lowest BCUT2D eigenvalue weighted by molar-refractivity contribution is -0.210. The maximum atomic E-state index is 12.8. The van der Waals surface area contributed by atoms with E-state index in [0.717, 1.165) is 0 Å². The third kappa shape index (κ3) is 3.85. The first-order valence-electron chi connectivity index (χ1n) is 5.37. The molecule has 1 fully saturated rings. The van der Waals surface area contributed by atoms with Gasteiger partial charge < -0.3 is 9.84 Å². The van der Waals surface area contributed by atoms with Crippen LogP contribution in [0.25, 0.3) is 0 Å². The van der Waals surface area contributed by atoms with Crippen molar-refractivity contribution in [3.05, 3.63) is 0 Å². The number of rotatable bonds is 3. The minimum absolute atomic E-state index is 0.0959. The van der Waals surface area contributed by atoms with Gasteiger partial charge in [0, 0.05) is 12.6 Å². The van der Waals surface area contributed by atoms with Crippen LogP contribution in [0.1, 0.15) is 20.3 Å². The molecule has 3 atom stereocenters. The van der Waals surface area contributed by atoms with Crippen molar-refractivity contribution in [3.63, 3.8) is 0 Å². The molecule has 0 aromatic rings. The number of aliphatic carboxylic acids is 1. The lowest BCUT2D eigenvalue weighted by atomic mass is 10.1. The zero-order chi connectivity index (χ0) is 13.2. The molecule has 1 saturated heterocycles. The summed E-state index contributed by atoms with van der Waals surface area (Å²) in [5.41, 5.74) is 0. The second-order valence-electron chi connectivity index (χ2n) is 4.35. The van der Waals surface area contributed by atoms with Crippen LogP contribution < -0.4 is 0 Å². The summed E-state index contributed by atoms with van der Waals surface area (Å²) in [6, 6.07) is -2.38. The fourth-order valence-corrected chi connectivity index (χ4v) is 1.95. The molecular formula is C10H16F3NO3. The molecule has 1 aliphatic heterocycles. The highest BCUT2D eigenvalue weighted by atomic mass is 19.4. The fourth-order valence-electron chi connectivity index (χ4n) is 1.95. The van der Waals surface area contributed by atoms with Gasteiger partial charge in [-0.05, 0) is 13.8 Å². The van der Waals surface area contributed by atoms with E-state index >= 15 is 0 Å². The number of carboxylic acids is 1. The van der Waals surface area contributed by atoms with Crippen LogP contribution >= 0.6 is 0 Å². The van der Waals surface area contributed by atoms with E-state index in [-0.39, 0.29) is 19.3 Å². The van der Waals surface area contributed by atoms with Crippen molar-refractivity contribution in [2.24, 2.45) is 0 Å². The lowest BCUT2D eigenvalue weighted by Gasteiger charge is -2.41. The molecule has 0 bridgehead atoms. The average Bonchev–Trinajstić information content (AvgIpc) is 2.16. The predicted molar refractivity (Wildman–Crippen MR) is 53.7 cm³/mol. The van der Waals surface area contributed by atoms with Gasteiger partial charge in [0.05, 0.1) is 19.1 Å². The van der Waals surface area contributed by atoms with E-state index in [1.807, 2.05) is 0 Å². The van der Waals surface area contributed by atoms with E-state index in [1.54, 1.807) is 13.8 Å². The molecule has 0 amide bonds. The number of alkyl halides is 3. The maximum absolute atomic E-state index is 12.8. The molecule has 0 aromatic carbocycles. The molecule has 17 heavy (non-hydrogen) atoms. The van der Waals surface area contributed by atoms with Gasteiger partial charge in [0.15, 0.2) is 0 Å². The smallest absolute Gasteiger partial charge is 0.404 e. The summed E-state index contributed by atoms with van der Waals surface area (Å²) < 4.78 is 43.7. The second-order valence-corrected chi connectivity index (χ2v) is 4.35. The van der Waals surface area contributed by atoms with Crippen molar-refractivity contribution in [1.29, 1.82) is 0 Å². The first kappa shape index (κ1) is 14.2. The van der Waals surface area contributed by atoms with Gasteiger partial charge in [-0.2, -0.15) is 13.2 Å². The standard InChI is InChI=1S/C10H16F3NO3/c1-6-5-17-7(2)4-14(6)8(3-9(15)16)10(11,12)13/h6-8H,3-5H2,1-2H3,(H,15,16). The molecule has 1 N–H and O–H groups in total. The summed E-state index contributed by atoms with van der Waals surface area (Å²) in [6.45, 7) is 3.56. The van der Waals surface area contributed by atoms with Crippen LogP contribution in [-0.4, -0.2) is 53.5 Å². The fraction of sp³-hybridized carbons (Fsp3) is 0.900. The highest BCUT2D eigenvalue weighted by molar-refractivity contribution is 5.67. The summed E-state index contributed by atoms with van der Waals surface area (Å²) in [5, 5.41) is 8.57. The van der Waals surface area contributed by atoms with Crippen LogP contribution in [0.2, 0.25) is 0 Å². The third-order valence-corrected chi connectivity index (χ3v) is 2.80. The van der Waals surface area contributed by atoms with E-state index in [0.29, 0.717) is 0 Å². The number of carbonyl (C=O) groups is 1. The minimum Gasteiger partial charge on any atom is -0.481 e. The Morgan fingerprint density at radius 1 is 1.53 bits per heavy atom. The monoisotopic (exact) mass is 255 g/mol. The molecule has 0 saturated carbocycles. The topological polar surface area (TPSA) is 49.8 Å².